The molecule has 0 saturated carbocycles. The molecule has 7 heteroatoms. The molecule has 1 aromatic heterocycles. The number of aliphatic hydroxyl groups is 1. The van der Waals surface area contributed by atoms with E-state index in [1.165, 1.54) is 15.6 Å². The first kappa shape index (κ1) is 14.0. The Morgan fingerprint density at radius 2 is 2.28 bits per heavy atom. The monoisotopic (exact) mass is 291 g/mol. The molecule has 1 aliphatic rings. The average molecular weight is 291 g/mol. The van der Waals surface area contributed by atoms with Gasteiger partial charge in [0, 0.05) is 11.4 Å². The third-order valence-electron chi connectivity index (χ3n) is 2.99. The van der Waals surface area contributed by atoms with Crippen LogP contribution in [-0.4, -0.2) is 43.1 Å². The van der Waals surface area contributed by atoms with Crippen molar-refractivity contribution in [2.24, 2.45) is 0 Å². The zero-order valence-corrected chi connectivity index (χ0v) is 12.1. The molecule has 18 heavy (non-hydrogen) atoms. The van der Waals surface area contributed by atoms with Crippen LogP contribution in [0, 0.1) is 0 Å². The average Bonchev–Trinajstić information content (AvgIpc) is 2.76. The first-order valence-electron chi connectivity index (χ1n) is 5.67. The maximum Gasteiger partial charge on any atom is 0.244 e. The summed E-state index contributed by atoms with van der Waals surface area (Å²) < 4.78 is 32.0. The molecule has 0 radical (unpaired) electrons. The second-order valence-corrected chi connectivity index (χ2v) is 7.64. The van der Waals surface area contributed by atoms with E-state index in [9.17, 15) is 13.5 Å². The molecule has 0 spiro atoms. The number of aliphatic hydroxyl groups excluding tert-OH is 1. The fourth-order valence-corrected chi connectivity index (χ4v) is 5.10. The Morgan fingerprint density at radius 3 is 2.89 bits per heavy atom. The fraction of sp³-hybridized carbons (Fsp3) is 0.636. The molecule has 1 aliphatic heterocycles. The number of thiophene rings is 1. The maximum absolute atomic E-state index is 12.6. The third-order valence-corrected chi connectivity index (χ3v) is 6.22. The molecule has 0 amide bonds. The van der Waals surface area contributed by atoms with E-state index >= 15 is 0 Å². The van der Waals surface area contributed by atoms with E-state index in [1.807, 2.05) is 13.8 Å². The quantitative estimate of drug-likeness (QED) is 0.903. The smallest absolute Gasteiger partial charge is 0.244 e. The highest BCUT2D eigenvalue weighted by molar-refractivity contribution is 7.89. The lowest BCUT2D eigenvalue weighted by Crippen LogP contribution is -2.55. The number of morpholine rings is 1. The van der Waals surface area contributed by atoms with Crippen LogP contribution < -0.4 is 0 Å². The van der Waals surface area contributed by atoms with Crippen LogP contribution in [0.4, 0.5) is 0 Å². The van der Waals surface area contributed by atoms with Gasteiger partial charge in [-0.2, -0.15) is 4.31 Å². The Balaban J connectivity index is 2.42. The van der Waals surface area contributed by atoms with Crippen molar-refractivity contribution in [1.82, 2.24) is 4.31 Å². The van der Waals surface area contributed by atoms with Crippen LogP contribution in [0.1, 0.15) is 18.7 Å². The topological polar surface area (TPSA) is 66.8 Å². The van der Waals surface area contributed by atoms with Crippen molar-refractivity contribution in [1.29, 1.82) is 0 Å². The molecular formula is C11H17NO4S2. The summed E-state index contributed by atoms with van der Waals surface area (Å²) in [5.41, 5.74) is -0.564. The van der Waals surface area contributed by atoms with E-state index < -0.39 is 15.6 Å². The van der Waals surface area contributed by atoms with Gasteiger partial charge in [0.15, 0.2) is 0 Å². The number of nitrogens with zero attached hydrogens (tertiary/aromatic N) is 1. The van der Waals surface area contributed by atoms with Crippen LogP contribution >= 0.6 is 11.3 Å². The van der Waals surface area contributed by atoms with Gasteiger partial charge in [-0.3, -0.25) is 0 Å². The van der Waals surface area contributed by atoms with Crippen LogP contribution in [0.2, 0.25) is 0 Å². The highest BCUT2D eigenvalue weighted by Gasteiger charge is 2.40. The predicted octanol–water partition coefficient (Wildman–Crippen LogP) is 1.04. The van der Waals surface area contributed by atoms with Gasteiger partial charge in [-0.05, 0) is 25.3 Å². The van der Waals surface area contributed by atoms with E-state index in [2.05, 4.69) is 0 Å². The van der Waals surface area contributed by atoms with Gasteiger partial charge in [0.05, 0.1) is 30.3 Å². The largest absolute Gasteiger partial charge is 0.391 e. The number of rotatable bonds is 3. The highest BCUT2D eigenvalue weighted by Crippen LogP contribution is 2.31. The van der Waals surface area contributed by atoms with Crippen LogP contribution in [0.15, 0.2) is 16.3 Å². The minimum atomic E-state index is -3.57. The summed E-state index contributed by atoms with van der Waals surface area (Å²) in [4.78, 5) is 0.697. The van der Waals surface area contributed by atoms with E-state index in [0.717, 1.165) is 0 Å². The summed E-state index contributed by atoms with van der Waals surface area (Å²) >= 11 is 1.25. The van der Waals surface area contributed by atoms with Crippen molar-refractivity contribution in [3.05, 3.63) is 16.3 Å². The SMILES string of the molecule is CC1(C)COCCN1S(=O)(=O)c1ccsc1CO. The lowest BCUT2D eigenvalue weighted by molar-refractivity contribution is -0.00773. The molecule has 2 rings (SSSR count). The fourth-order valence-electron chi connectivity index (χ4n) is 2.08. The van der Waals surface area contributed by atoms with Crippen molar-refractivity contribution >= 4 is 21.4 Å². The summed E-state index contributed by atoms with van der Waals surface area (Å²) in [6, 6.07) is 1.55. The number of sulfonamides is 1. The second-order valence-electron chi connectivity index (χ2n) is 4.81. The van der Waals surface area contributed by atoms with Crippen molar-refractivity contribution in [3.8, 4) is 0 Å². The Hall–Kier alpha value is -0.470. The molecule has 1 N–H and O–H groups in total. The first-order valence-corrected chi connectivity index (χ1v) is 7.99. The number of hydrogen-bond donors (Lipinski definition) is 1. The Morgan fingerprint density at radius 1 is 1.56 bits per heavy atom. The molecule has 102 valence electrons. The molecule has 0 aliphatic carbocycles. The minimum Gasteiger partial charge on any atom is -0.391 e. The summed E-state index contributed by atoms with van der Waals surface area (Å²) in [7, 11) is -3.57. The van der Waals surface area contributed by atoms with E-state index in [4.69, 9.17) is 4.74 Å². The van der Waals surface area contributed by atoms with Gasteiger partial charge in [-0.25, -0.2) is 8.42 Å². The van der Waals surface area contributed by atoms with E-state index in [0.29, 0.717) is 24.6 Å². The standard InChI is InChI=1S/C11H17NO4S2/c1-11(2)8-16-5-4-12(11)18(14,15)10-3-6-17-9(10)7-13/h3,6,13H,4-5,7-8H2,1-2H3. The highest BCUT2D eigenvalue weighted by atomic mass is 32.2. The molecular weight excluding hydrogens is 274 g/mol. The molecule has 2 heterocycles. The van der Waals surface area contributed by atoms with E-state index in [-0.39, 0.29) is 11.5 Å². The second kappa shape index (κ2) is 4.90. The Labute approximate surface area is 111 Å². The molecule has 1 saturated heterocycles. The van der Waals surface area contributed by atoms with Gasteiger partial charge in [-0.1, -0.05) is 0 Å². The van der Waals surface area contributed by atoms with E-state index in [1.54, 1.807) is 11.4 Å². The summed E-state index contributed by atoms with van der Waals surface area (Å²) in [5, 5.41) is 10.9. The van der Waals surface area contributed by atoms with Gasteiger partial charge >= 0.3 is 0 Å². The summed E-state index contributed by atoms with van der Waals surface area (Å²) in [6.07, 6.45) is 0. The first-order chi connectivity index (χ1) is 8.39. The van der Waals surface area contributed by atoms with Gasteiger partial charge in [-0.15, -0.1) is 11.3 Å². The van der Waals surface area contributed by atoms with Crippen LogP contribution in [-0.2, 0) is 21.4 Å². The van der Waals surface area contributed by atoms with Crippen LogP contribution in [0.25, 0.3) is 0 Å². The lowest BCUT2D eigenvalue weighted by atomic mass is 10.1. The van der Waals surface area contributed by atoms with Gasteiger partial charge in [0.2, 0.25) is 10.0 Å². The van der Waals surface area contributed by atoms with Crippen molar-refractivity contribution < 1.29 is 18.3 Å². The van der Waals surface area contributed by atoms with Gasteiger partial charge in [0.25, 0.3) is 0 Å². The van der Waals surface area contributed by atoms with Crippen molar-refractivity contribution in [2.45, 2.75) is 30.9 Å². The third kappa shape index (κ3) is 2.33. The minimum absolute atomic E-state index is 0.213. The Kier molecular flexibility index (Phi) is 3.80. The number of hydrogen-bond acceptors (Lipinski definition) is 5. The molecule has 0 atom stereocenters. The number of ether oxygens (including phenoxy) is 1. The maximum atomic E-state index is 12.6. The predicted molar refractivity (Wildman–Crippen MR) is 69.0 cm³/mol. The zero-order chi connectivity index (χ0) is 13.4. The molecule has 1 aromatic rings. The normalized spacial score (nSPS) is 21.1. The van der Waals surface area contributed by atoms with Crippen molar-refractivity contribution in [3.63, 3.8) is 0 Å². The molecule has 5 nitrogen and oxygen atoms in total. The molecule has 1 fully saturated rings. The van der Waals surface area contributed by atoms with Crippen LogP contribution in [0.5, 0.6) is 0 Å². The molecule has 0 unspecified atom stereocenters. The zero-order valence-electron chi connectivity index (χ0n) is 10.4. The van der Waals surface area contributed by atoms with Gasteiger partial charge in [0.1, 0.15) is 0 Å². The van der Waals surface area contributed by atoms with Crippen molar-refractivity contribution in [2.75, 3.05) is 19.8 Å². The molecule has 0 bridgehead atoms. The molecule has 0 aromatic carbocycles. The Bertz CT molecular complexity index is 521. The van der Waals surface area contributed by atoms with Crippen LogP contribution in [0.3, 0.4) is 0 Å². The van der Waals surface area contributed by atoms with Gasteiger partial charge < -0.3 is 9.84 Å². The summed E-state index contributed by atoms with van der Waals surface area (Å²) in [6.45, 7) is 4.56. The lowest BCUT2D eigenvalue weighted by Gasteiger charge is -2.40. The summed E-state index contributed by atoms with van der Waals surface area (Å²) in [5.74, 6) is 0.